The summed E-state index contributed by atoms with van der Waals surface area (Å²) >= 11 is 4.92. The number of benzene rings is 1. The predicted molar refractivity (Wildman–Crippen MR) is 68.5 cm³/mol. The molecule has 1 nitrogen and oxygen atoms in total. The first kappa shape index (κ1) is 10.6. The van der Waals surface area contributed by atoms with Crippen molar-refractivity contribution in [2.75, 3.05) is 0 Å². The molecule has 1 aromatic heterocycles. The molecule has 1 aromatic carbocycles. The van der Waals surface area contributed by atoms with Crippen LogP contribution in [0, 0.1) is 6.92 Å². The van der Waals surface area contributed by atoms with Crippen molar-refractivity contribution >= 4 is 27.3 Å². The highest BCUT2D eigenvalue weighted by Gasteiger charge is 2.07. The highest BCUT2D eigenvalue weighted by Crippen LogP contribution is 2.24. The van der Waals surface area contributed by atoms with E-state index >= 15 is 0 Å². The van der Waals surface area contributed by atoms with Gasteiger partial charge < -0.3 is 0 Å². The fraction of sp³-hybridized carbons (Fsp3) is 0.0833. The second-order valence-electron chi connectivity index (χ2n) is 3.24. The Morgan fingerprint density at radius 3 is 2.53 bits per heavy atom. The minimum Gasteiger partial charge on any atom is -0.289 e. The molecule has 0 saturated carbocycles. The molecule has 1 heterocycles. The van der Waals surface area contributed by atoms with E-state index in [1.807, 2.05) is 42.6 Å². The third-order valence-electron chi connectivity index (χ3n) is 2.25. The molecule has 0 bridgehead atoms. The summed E-state index contributed by atoms with van der Waals surface area (Å²) in [5, 5.41) is 1.90. The molecule has 3 heteroatoms. The van der Waals surface area contributed by atoms with Gasteiger partial charge >= 0.3 is 0 Å². The summed E-state index contributed by atoms with van der Waals surface area (Å²) in [6.45, 7) is 1.84. The lowest BCUT2D eigenvalue weighted by Gasteiger charge is -2.02. The number of rotatable bonds is 1. The maximum atomic E-state index is 12.0. The Labute approximate surface area is 101 Å². The second kappa shape index (κ2) is 4.29. The molecule has 0 aliphatic heterocycles. The third-order valence-corrected chi connectivity index (χ3v) is 4.27. The first-order valence-electron chi connectivity index (χ1n) is 4.53. The van der Waals surface area contributed by atoms with E-state index < -0.39 is 0 Å². The van der Waals surface area contributed by atoms with E-state index in [1.165, 1.54) is 0 Å². The Balaban J connectivity index is 2.66. The molecule has 0 fully saturated rings. The average molecular weight is 281 g/mol. The van der Waals surface area contributed by atoms with Crippen molar-refractivity contribution in [3.8, 4) is 11.1 Å². The fourth-order valence-electron chi connectivity index (χ4n) is 1.36. The van der Waals surface area contributed by atoms with Crippen LogP contribution in [-0.4, -0.2) is 0 Å². The zero-order chi connectivity index (χ0) is 10.8. The van der Waals surface area contributed by atoms with Crippen molar-refractivity contribution in [2.24, 2.45) is 0 Å². The van der Waals surface area contributed by atoms with E-state index in [1.54, 1.807) is 11.3 Å². The van der Waals surface area contributed by atoms with Crippen LogP contribution >= 0.6 is 27.3 Å². The predicted octanol–water partition coefficient (Wildman–Crippen LogP) is 3.85. The van der Waals surface area contributed by atoms with Gasteiger partial charge in [0.1, 0.15) is 0 Å². The van der Waals surface area contributed by atoms with Gasteiger partial charge in [-0.25, -0.2) is 0 Å². The summed E-state index contributed by atoms with van der Waals surface area (Å²) in [7, 11) is 0. The van der Waals surface area contributed by atoms with E-state index in [9.17, 15) is 4.79 Å². The lowest BCUT2D eigenvalue weighted by molar-refractivity contribution is 1.41. The van der Waals surface area contributed by atoms with Crippen molar-refractivity contribution in [1.29, 1.82) is 0 Å². The van der Waals surface area contributed by atoms with Crippen LogP contribution in [0.1, 0.15) is 5.56 Å². The zero-order valence-electron chi connectivity index (χ0n) is 8.16. The van der Waals surface area contributed by atoms with Crippen molar-refractivity contribution in [3.05, 3.63) is 55.3 Å². The minimum absolute atomic E-state index is 0.104. The van der Waals surface area contributed by atoms with Crippen LogP contribution in [0.25, 0.3) is 11.1 Å². The average Bonchev–Trinajstić information content (AvgIpc) is 2.27. The summed E-state index contributed by atoms with van der Waals surface area (Å²) in [4.78, 5) is 12.0. The highest BCUT2D eigenvalue weighted by molar-refractivity contribution is 9.11. The lowest BCUT2D eigenvalue weighted by Crippen LogP contribution is -2.07. The van der Waals surface area contributed by atoms with Gasteiger partial charge in [-0.1, -0.05) is 30.3 Å². The van der Waals surface area contributed by atoms with Crippen molar-refractivity contribution < 1.29 is 0 Å². The summed E-state index contributed by atoms with van der Waals surface area (Å²) in [5.74, 6) is 0. The molecule has 0 aliphatic carbocycles. The molecule has 0 saturated heterocycles. The van der Waals surface area contributed by atoms with Gasteiger partial charge in [0.25, 0.3) is 0 Å². The monoisotopic (exact) mass is 280 g/mol. The number of hydrogen-bond acceptors (Lipinski definition) is 2. The second-order valence-corrected chi connectivity index (χ2v) is 5.44. The Hall–Kier alpha value is -0.930. The third kappa shape index (κ3) is 2.03. The Kier molecular flexibility index (Phi) is 3.03. The van der Waals surface area contributed by atoms with Gasteiger partial charge in [-0.05, 0) is 28.4 Å². The summed E-state index contributed by atoms with van der Waals surface area (Å²) in [5.41, 5.74) is 2.64. The molecule has 2 aromatic rings. The number of halogens is 1. The maximum absolute atomic E-state index is 12.0. The molecule has 0 atom stereocenters. The highest BCUT2D eigenvalue weighted by atomic mass is 79.9. The SMILES string of the molecule is Cc1c(Br)scc(-c2ccccc2)c1=O. The molecule has 0 amide bonds. The van der Waals surface area contributed by atoms with Crippen LogP contribution < -0.4 is 5.43 Å². The Bertz CT molecular complexity index is 531. The zero-order valence-corrected chi connectivity index (χ0v) is 10.6. The van der Waals surface area contributed by atoms with Gasteiger partial charge in [-0.3, -0.25) is 4.79 Å². The largest absolute Gasteiger partial charge is 0.289 e. The molecule has 2 rings (SSSR count). The van der Waals surface area contributed by atoms with Crippen molar-refractivity contribution in [1.82, 2.24) is 0 Å². The molecule has 0 N–H and O–H groups in total. The van der Waals surface area contributed by atoms with E-state index in [0.717, 1.165) is 20.5 Å². The molecule has 0 spiro atoms. The summed E-state index contributed by atoms with van der Waals surface area (Å²) in [6.07, 6.45) is 0. The van der Waals surface area contributed by atoms with Gasteiger partial charge in [0.15, 0.2) is 5.43 Å². The van der Waals surface area contributed by atoms with Gasteiger partial charge in [0.05, 0.1) is 3.79 Å². The quantitative estimate of drug-likeness (QED) is 0.776. The van der Waals surface area contributed by atoms with E-state index in [2.05, 4.69) is 15.9 Å². The molecular weight excluding hydrogens is 272 g/mol. The van der Waals surface area contributed by atoms with Crippen LogP contribution in [0.4, 0.5) is 0 Å². The normalized spacial score (nSPS) is 10.3. The van der Waals surface area contributed by atoms with E-state index in [-0.39, 0.29) is 5.43 Å². The lowest BCUT2D eigenvalue weighted by atomic mass is 10.1. The molecule has 15 heavy (non-hydrogen) atoms. The smallest absolute Gasteiger partial charge is 0.192 e. The maximum Gasteiger partial charge on any atom is 0.192 e. The summed E-state index contributed by atoms with van der Waals surface area (Å²) < 4.78 is 0.909. The fourth-order valence-corrected chi connectivity index (χ4v) is 2.56. The molecule has 0 aliphatic rings. The molecule has 0 radical (unpaired) electrons. The topological polar surface area (TPSA) is 17.1 Å². The summed E-state index contributed by atoms with van der Waals surface area (Å²) in [6, 6.07) is 9.74. The van der Waals surface area contributed by atoms with Crippen LogP contribution in [0.15, 0.2) is 44.3 Å². The van der Waals surface area contributed by atoms with Crippen molar-refractivity contribution in [3.63, 3.8) is 0 Å². The van der Waals surface area contributed by atoms with Gasteiger partial charge in [-0.2, -0.15) is 0 Å². The number of hydrogen-bond donors (Lipinski definition) is 0. The Morgan fingerprint density at radius 2 is 1.87 bits per heavy atom. The van der Waals surface area contributed by atoms with Crippen LogP contribution in [0.3, 0.4) is 0 Å². The van der Waals surface area contributed by atoms with Gasteiger partial charge in [-0.15, -0.1) is 11.3 Å². The van der Waals surface area contributed by atoms with Crippen LogP contribution in [-0.2, 0) is 0 Å². The first-order valence-corrected chi connectivity index (χ1v) is 6.20. The van der Waals surface area contributed by atoms with Gasteiger partial charge in [0, 0.05) is 16.5 Å². The molecule has 0 unspecified atom stereocenters. The van der Waals surface area contributed by atoms with E-state index in [0.29, 0.717) is 0 Å². The minimum atomic E-state index is 0.104. The van der Waals surface area contributed by atoms with Crippen molar-refractivity contribution in [2.45, 2.75) is 6.92 Å². The van der Waals surface area contributed by atoms with Crippen LogP contribution in [0.5, 0.6) is 0 Å². The molecule has 76 valence electrons. The Morgan fingerprint density at radius 1 is 1.20 bits per heavy atom. The van der Waals surface area contributed by atoms with E-state index in [4.69, 9.17) is 0 Å². The van der Waals surface area contributed by atoms with Gasteiger partial charge in [0.2, 0.25) is 0 Å². The van der Waals surface area contributed by atoms with Crippen LogP contribution in [0.2, 0.25) is 0 Å². The molecular formula is C12H9BrOS. The standard InChI is InChI=1S/C12H9BrOS/c1-8-11(14)10(7-15-12(8)13)9-5-3-2-4-6-9/h2-7H,1H3. The first-order chi connectivity index (χ1) is 7.20.